The van der Waals surface area contributed by atoms with Crippen molar-refractivity contribution in [1.29, 1.82) is 0 Å². The summed E-state index contributed by atoms with van der Waals surface area (Å²) in [7, 11) is 0. The van der Waals surface area contributed by atoms with E-state index in [2.05, 4.69) is 26.0 Å². The maximum absolute atomic E-state index is 6.39. The maximum Gasteiger partial charge on any atom is 0.145 e. The Bertz CT molecular complexity index is 669. The summed E-state index contributed by atoms with van der Waals surface area (Å²) in [6.07, 6.45) is 12.4. The number of hydrogen-bond donors (Lipinski definition) is 0. The van der Waals surface area contributed by atoms with Crippen molar-refractivity contribution in [1.82, 2.24) is 0 Å². The maximum atomic E-state index is 6.39. The normalized spacial score (nSPS) is 11.1. The van der Waals surface area contributed by atoms with E-state index in [1.165, 1.54) is 51.4 Å². The van der Waals surface area contributed by atoms with Crippen molar-refractivity contribution >= 4 is 22.4 Å². The lowest BCUT2D eigenvalue weighted by atomic mass is 10.1. The molecular formula is C24H35ClO2. The molecule has 0 unspecified atom stereocenters. The third-order valence-electron chi connectivity index (χ3n) is 4.90. The number of halogens is 1. The van der Waals surface area contributed by atoms with Crippen LogP contribution in [0.15, 0.2) is 30.3 Å². The van der Waals surface area contributed by atoms with E-state index in [-0.39, 0.29) is 0 Å². The second-order valence-corrected chi connectivity index (χ2v) is 7.69. The molecule has 0 radical (unpaired) electrons. The molecule has 2 aromatic carbocycles. The molecule has 0 bridgehead atoms. The SMILES string of the molecule is CCCCCCCOc1ccc2c(OCCCCCCC)c(Cl)ccc2c1. The lowest BCUT2D eigenvalue weighted by Gasteiger charge is -2.13. The highest BCUT2D eigenvalue weighted by molar-refractivity contribution is 6.33. The average Bonchev–Trinajstić information content (AvgIpc) is 2.68. The molecule has 150 valence electrons. The standard InChI is InChI=1S/C24H35ClO2/c1-3-5-7-9-11-17-26-21-14-15-22-20(19-21)13-16-23(25)24(22)27-18-12-10-8-6-4-2/h13-16,19H,3-12,17-18H2,1-2H3. The van der Waals surface area contributed by atoms with Crippen LogP contribution < -0.4 is 9.47 Å². The van der Waals surface area contributed by atoms with Crippen LogP contribution >= 0.6 is 11.6 Å². The number of hydrogen-bond acceptors (Lipinski definition) is 2. The largest absolute Gasteiger partial charge is 0.494 e. The molecule has 0 saturated heterocycles. The number of rotatable bonds is 14. The van der Waals surface area contributed by atoms with Crippen LogP contribution in [0.3, 0.4) is 0 Å². The van der Waals surface area contributed by atoms with E-state index in [9.17, 15) is 0 Å². The first-order valence-corrected chi connectivity index (χ1v) is 11.1. The molecule has 0 aliphatic heterocycles. The Hall–Kier alpha value is -1.41. The summed E-state index contributed by atoms with van der Waals surface area (Å²) in [6, 6.07) is 10.1. The van der Waals surface area contributed by atoms with Gasteiger partial charge in [0.05, 0.1) is 18.2 Å². The Morgan fingerprint density at radius 1 is 0.704 bits per heavy atom. The van der Waals surface area contributed by atoms with Gasteiger partial charge in [0.1, 0.15) is 11.5 Å². The Labute approximate surface area is 170 Å². The van der Waals surface area contributed by atoms with Gasteiger partial charge in [-0.1, -0.05) is 82.9 Å². The first-order chi connectivity index (χ1) is 13.3. The van der Waals surface area contributed by atoms with Crippen molar-refractivity contribution in [3.8, 4) is 11.5 Å². The summed E-state index contributed by atoms with van der Waals surface area (Å²) < 4.78 is 12.0. The predicted molar refractivity (Wildman–Crippen MR) is 117 cm³/mol. The zero-order valence-corrected chi connectivity index (χ0v) is 17.8. The summed E-state index contributed by atoms with van der Waals surface area (Å²) in [4.78, 5) is 0. The fourth-order valence-electron chi connectivity index (χ4n) is 3.26. The van der Waals surface area contributed by atoms with Gasteiger partial charge >= 0.3 is 0 Å². The van der Waals surface area contributed by atoms with E-state index in [1.54, 1.807) is 0 Å². The molecule has 0 N–H and O–H groups in total. The second kappa shape index (κ2) is 12.9. The van der Waals surface area contributed by atoms with E-state index in [1.807, 2.05) is 18.2 Å². The number of benzene rings is 2. The summed E-state index contributed by atoms with van der Waals surface area (Å²) >= 11 is 6.39. The Balaban J connectivity index is 1.89. The van der Waals surface area contributed by atoms with E-state index in [0.717, 1.165) is 48.3 Å². The quantitative estimate of drug-likeness (QED) is 0.302. The summed E-state index contributed by atoms with van der Waals surface area (Å²) in [5.41, 5.74) is 0. The first kappa shape index (κ1) is 21.9. The van der Waals surface area contributed by atoms with Crippen LogP contribution in [0, 0.1) is 0 Å². The highest BCUT2D eigenvalue weighted by Crippen LogP contribution is 2.35. The molecule has 2 aromatic rings. The van der Waals surface area contributed by atoms with Crippen molar-refractivity contribution in [2.75, 3.05) is 13.2 Å². The minimum atomic E-state index is 0.681. The van der Waals surface area contributed by atoms with Gasteiger partial charge in [0.15, 0.2) is 0 Å². The highest BCUT2D eigenvalue weighted by Gasteiger charge is 2.09. The third kappa shape index (κ3) is 7.62. The molecule has 0 aliphatic rings. The van der Waals surface area contributed by atoms with Gasteiger partial charge in [-0.05, 0) is 42.5 Å². The summed E-state index contributed by atoms with van der Waals surface area (Å²) in [5, 5.41) is 2.86. The molecular weight excluding hydrogens is 356 g/mol. The topological polar surface area (TPSA) is 18.5 Å². The summed E-state index contributed by atoms with van der Waals surface area (Å²) in [6.45, 7) is 5.97. The van der Waals surface area contributed by atoms with Gasteiger partial charge in [0.25, 0.3) is 0 Å². The van der Waals surface area contributed by atoms with E-state index in [0.29, 0.717) is 5.02 Å². The zero-order chi connectivity index (χ0) is 19.3. The van der Waals surface area contributed by atoms with Crippen molar-refractivity contribution in [2.45, 2.75) is 78.1 Å². The van der Waals surface area contributed by atoms with Crippen LogP contribution in [-0.2, 0) is 0 Å². The van der Waals surface area contributed by atoms with Crippen LogP contribution in [0.5, 0.6) is 11.5 Å². The molecule has 2 nitrogen and oxygen atoms in total. The smallest absolute Gasteiger partial charge is 0.145 e. The Morgan fingerprint density at radius 3 is 2.00 bits per heavy atom. The highest BCUT2D eigenvalue weighted by atomic mass is 35.5. The molecule has 0 fully saturated rings. The zero-order valence-electron chi connectivity index (χ0n) is 17.1. The van der Waals surface area contributed by atoms with Crippen LogP contribution in [0.25, 0.3) is 10.8 Å². The van der Waals surface area contributed by atoms with Crippen molar-refractivity contribution in [3.63, 3.8) is 0 Å². The molecule has 0 spiro atoms. The molecule has 0 heterocycles. The van der Waals surface area contributed by atoms with Crippen LogP contribution in [0.4, 0.5) is 0 Å². The van der Waals surface area contributed by atoms with Crippen molar-refractivity contribution < 1.29 is 9.47 Å². The first-order valence-electron chi connectivity index (χ1n) is 10.7. The number of unbranched alkanes of at least 4 members (excludes halogenated alkanes) is 8. The predicted octanol–water partition coefficient (Wildman–Crippen LogP) is 8.19. The van der Waals surface area contributed by atoms with Gasteiger partial charge in [-0.25, -0.2) is 0 Å². The van der Waals surface area contributed by atoms with Gasteiger partial charge in [-0.3, -0.25) is 0 Å². The Kier molecular flexibility index (Phi) is 10.4. The molecule has 0 aromatic heterocycles. The van der Waals surface area contributed by atoms with Gasteiger partial charge in [0, 0.05) is 5.39 Å². The number of ether oxygens (including phenoxy) is 2. The Morgan fingerprint density at radius 2 is 1.33 bits per heavy atom. The van der Waals surface area contributed by atoms with Gasteiger partial charge in [-0.2, -0.15) is 0 Å². The second-order valence-electron chi connectivity index (χ2n) is 7.28. The number of fused-ring (bicyclic) bond motifs is 1. The minimum absolute atomic E-state index is 0.681. The lowest BCUT2D eigenvalue weighted by Crippen LogP contribution is -1.99. The van der Waals surface area contributed by atoms with Gasteiger partial charge in [0.2, 0.25) is 0 Å². The molecule has 0 saturated carbocycles. The average molecular weight is 391 g/mol. The lowest BCUT2D eigenvalue weighted by molar-refractivity contribution is 0.304. The van der Waals surface area contributed by atoms with Crippen molar-refractivity contribution in [3.05, 3.63) is 35.4 Å². The minimum Gasteiger partial charge on any atom is -0.494 e. The third-order valence-corrected chi connectivity index (χ3v) is 5.20. The van der Waals surface area contributed by atoms with Gasteiger partial charge < -0.3 is 9.47 Å². The molecule has 0 amide bonds. The summed E-state index contributed by atoms with van der Waals surface area (Å²) in [5.74, 6) is 1.72. The molecule has 2 rings (SSSR count). The van der Waals surface area contributed by atoms with E-state index < -0.39 is 0 Å². The van der Waals surface area contributed by atoms with Crippen molar-refractivity contribution in [2.24, 2.45) is 0 Å². The fraction of sp³-hybridized carbons (Fsp3) is 0.583. The molecule has 0 aliphatic carbocycles. The fourth-order valence-corrected chi connectivity index (χ4v) is 3.48. The van der Waals surface area contributed by atoms with Crippen LogP contribution in [0.1, 0.15) is 78.1 Å². The molecule has 27 heavy (non-hydrogen) atoms. The molecule has 3 heteroatoms. The molecule has 0 atom stereocenters. The monoisotopic (exact) mass is 390 g/mol. The van der Waals surface area contributed by atoms with Crippen LogP contribution in [-0.4, -0.2) is 13.2 Å². The van der Waals surface area contributed by atoms with E-state index in [4.69, 9.17) is 21.1 Å². The van der Waals surface area contributed by atoms with E-state index >= 15 is 0 Å². The van der Waals surface area contributed by atoms with Gasteiger partial charge in [-0.15, -0.1) is 0 Å². The van der Waals surface area contributed by atoms with Crippen LogP contribution in [0.2, 0.25) is 5.02 Å².